The topological polar surface area (TPSA) is 74.8 Å². The molecule has 1 aromatic heterocycles. The van der Waals surface area contributed by atoms with Gasteiger partial charge in [-0.1, -0.05) is 24.8 Å². The monoisotopic (exact) mass is 378 g/mol. The minimum absolute atomic E-state index is 0.367. The molecule has 2 saturated carbocycles. The molecule has 2 fully saturated rings. The van der Waals surface area contributed by atoms with Crippen LogP contribution in [0.4, 0.5) is 17.6 Å². The second kappa shape index (κ2) is 7.78. The van der Waals surface area contributed by atoms with Crippen LogP contribution in [0.15, 0.2) is 24.8 Å². The van der Waals surface area contributed by atoms with E-state index >= 15 is 0 Å². The highest BCUT2D eigenvalue weighted by atomic mass is 15.2. The number of benzene rings is 1. The number of nitrogens with zero attached hydrogens (tertiary/aromatic N) is 3. The molecule has 3 N–H and O–H groups in total. The van der Waals surface area contributed by atoms with Crippen LogP contribution in [-0.2, 0) is 0 Å². The summed E-state index contributed by atoms with van der Waals surface area (Å²) in [5.74, 6) is 3.38. The minimum Gasteiger partial charge on any atom is -0.388 e. The SMILES string of the molecule is C=Cc1c(NC)cccc1-c1nc(NC(C)C2CC2)nc(NC(C)C2CC2)n1. The van der Waals surface area contributed by atoms with Gasteiger partial charge in [0, 0.05) is 35.9 Å². The van der Waals surface area contributed by atoms with E-state index in [0.29, 0.717) is 29.8 Å². The lowest BCUT2D eigenvalue weighted by molar-refractivity contribution is 0.676. The van der Waals surface area contributed by atoms with E-state index in [1.165, 1.54) is 25.7 Å². The van der Waals surface area contributed by atoms with Gasteiger partial charge in [0.25, 0.3) is 0 Å². The normalized spacial score (nSPS) is 18.2. The van der Waals surface area contributed by atoms with Crippen molar-refractivity contribution in [3.63, 3.8) is 0 Å². The van der Waals surface area contributed by atoms with Crippen LogP contribution in [0.25, 0.3) is 17.5 Å². The summed E-state index contributed by atoms with van der Waals surface area (Å²) in [6.07, 6.45) is 6.97. The average Bonchev–Trinajstić information content (AvgIpc) is 3.58. The summed E-state index contributed by atoms with van der Waals surface area (Å²) in [6, 6.07) is 6.82. The van der Waals surface area contributed by atoms with Gasteiger partial charge in [-0.15, -0.1) is 0 Å². The Morgan fingerprint density at radius 2 is 1.54 bits per heavy atom. The summed E-state index contributed by atoms with van der Waals surface area (Å²) in [7, 11) is 1.91. The molecule has 6 heteroatoms. The Labute approximate surface area is 167 Å². The second-order valence-electron chi connectivity index (χ2n) is 8.07. The number of hydrogen-bond acceptors (Lipinski definition) is 6. The summed E-state index contributed by atoms with van der Waals surface area (Å²) in [6.45, 7) is 8.40. The van der Waals surface area contributed by atoms with Crippen molar-refractivity contribution < 1.29 is 0 Å². The Balaban J connectivity index is 1.71. The lowest BCUT2D eigenvalue weighted by atomic mass is 10.0. The maximum absolute atomic E-state index is 4.76. The molecule has 28 heavy (non-hydrogen) atoms. The molecule has 0 bridgehead atoms. The number of nitrogens with one attached hydrogen (secondary N) is 3. The third kappa shape index (κ3) is 4.11. The van der Waals surface area contributed by atoms with Crippen LogP contribution in [0.1, 0.15) is 45.1 Å². The number of rotatable bonds is 9. The van der Waals surface area contributed by atoms with Gasteiger partial charge < -0.3 is 16.0 Å². The zero-order chi connectivity index (χ0) is 19.7. The van der Waals surface area contributed by atoms with Crippen molar-refractivity contribution in [3.05, 3.63) is 30.3 Å². The standard InChI is InChI=1S/C22H30N6/c1-5-17-18(7-6-8-19(17)23-4)20-26-21(24-13(2)15-9-10-15)28-22(27-20)25-14(3)16-11-12-16/h5-8,13-16,23H,1,9-12H2,2-4H3,(H2,24,25,26,27,28). The highest BCUT2D eigenvalue weighted by Crippen LogP contribution is 2.35. The smallest absolute Gasteiger partial charge is 0.228 e. The first-order chi connectivity index (χ1) is 13.6. The molecule has 6 nitrogen and oxygen atoms in total. The van der Waals surface area contributed by atoms with E-state index < -0.39 is 0 Å². The Hall–Kier alpha value is -2.63. The second-order valence-corrected chi connectivity index (χ2v) is 8.07. The number of hydrogen-bond donors (Lipinski definition) is 3. The van der Waals surface area contributed by atoms with Gasteiger partial charge in [0.05, 0.1) is 0 Å². The molecule has 0 saturated heterocycles. The number of aromatic nitrogens is 3. The molecule has 148 valence electrons. The van der Waals surface area contributed by atoms with Crippen LogP contribution in [0.2, 0.25) is 0 Å². The molecule has 1 aromatic carbocycles. The van der Waals surface area contributed by atoms with Gasteiger partial charge >= 0.3 is 0 Å². The Kier molecular flexibility index (Phi) is 5.20. The quantitative estimate of drug-likeness (QED) is 0.590. The van der Waals surface area contributed by atoms with Gasteiger partial charge in [0.1, 0.15) is 0 Å². The van der Waals surface area contributed by atoms with Crippen molar-refractivity contribution in [1.29, 1.82) is 0 Å². The Bertz CT molecular complexity index is 818. The van der Waals surface area contributed by atoms with Crippen LogP contribution in [0.3, 0.4) is 0 Å². The lowest BCUT2D eigenvalue weighted by Crippen LogP contribution is -2.23. The molecule has 1 heterocycles. The van der Waals surface area contributed by atoms with Crippen molar-refractivity contribution in [1.82, 2.24) is 15.0 Å². The third-order valence-corrected chi connectivity index (χ3v) is 5.83. The highest BCUT2D eigenvalue weighted by Gasteiger charge is 2.30. The molecule has 2 atom stereocenters. The Morgan fingerprint density at radius 3 is 2.00 bits per heavy atom. The van der Waals surface area contributed by atoms with Gasteiger partial charge in [-0.3, -0.25) is 0 Å². The van der Waals surface area contributed by atoms with E-state index in [-0.39, 0.29) is 0 Å². The lowest BCUT2D eigenvalue weighted by Gasteiger charge is -2.18. The van der Waals surface area contributed by atoms with E-state index in [2.05, 4.69) is 41.4 Å². The molecule has 2 aromatic rings. The zero-order valence-electron chi connectivity index (χ0n) is 17.0. The van der Waals surface area contributed by atoms with E-state index in [9.17, 15) is 0 Å². The fraction of sp³-hybridized carbons (Fsp3) is 0.500. The molecule has 2 aliphatic carbocycles. The number of anilines is 3. The van der Waals surface area contributed by atoms with E-state index in [4.69, 9.17) is 9.97 Å². The van der Waals surface area contributed by atoms with Crippen molar-refractivity contribution >= 4 is 23.7 Å². The predicted octanol–water partition coefficient (Wildman–Crippen LogP) is 4.64. The van der Waals surface area contributed by atoms with Crippen molar-refractivity contribution in [3.8, 4) is 11.4 Å². The highest BCUT2D eigenvalue weighted by molar-refractivity contribution is 5.80. The van der Waals surface area contributed by atoms with Gasteiger partial charge in [-0.2, -0.15) is 15.0 Å². The van der Waals surface area contributed by atoms with Crippen molar-refractivity contribution in [2.45, 2.75) is 51.6 Å². The van der Waals surface area contributed by atoms with Crippen LogP contribution in [-0.4, -0.2) is 34.1 Å². The summed E-state index contributed by atoms with van der Waals surface area (Å²) in [5.41, 5.74) is 2.96. The molecule has 0 radical (unpaired) electrons. The first-order valence-corrected chi connectivity index (χ1v) is 10.3. The maximum Gasteiger partial charge on any atom is 0.228 e. The Morgan fingerprint density at radius 1 is 0.964 bits per heavy atom. The first kappa shape index (κ1) is 18.7. The molecule has 4 rings (SSSR count). The first-order valence-electron chi connectivity index (χ1n) is 10.3. The van der Waals surface area contributed by atoms with Gasteiger partial charge in [-0.25, -0.2) is 0 Å². The molecular formula is C22H30N6. The van der Waals surface area contributed by atoms with E-state index in [1.807, 2.05) is 31.3 Å². The van der Waals surface area contributed by atoms with Crippen LogP contribution in [0, 0.1) is 11.8 Å². The summed E-state index contributed by atoms with van der Waals surface area (Å²) in [5, 5.41) is 10.2. The van der Waals surface area contributed by atoms with E-state index in [0.717, 1.165) is 28.7 Å². The van der Waals surface area contributed by atoms with Crippen LogP contribution < -0.4 is 16.0 Å². The van der Waals surface area contributed by atoms with Crippen LogP contribution >= 0.6 is 0 Å². The summed E-state index contributed by atoms with van der Waals surface area (Å²) in [4.78, 5) is 14.2. The zero-order valence-corrected chi connectivity index (χ0v) is 17.0. The van der Waals surface area contributed by atoms with E-state index in [1.54, 1.807) is 0 Å². The summed E-state index contributed by atoms with van der Waals surface area (Å²) < 4.78 is 0. The molecule has 2 aliphatic rings. The fourth-order valence-corrected chi connectivity index (χ4v) is 3.66. The van der Waals surface area contributed by atoms with Crippen LogP contribution in [0.5, 0.6) is 0 Å². The molecule has 0 amide bonds. The van der Waals surface area contributed by atoms with Gasteiger partial charge in [0.15, 0.2) is 5.82 Å². The molecule has 0 aliphatic heterocycles. The fourth-order valence-electron chi connectivity index (χ4n) is 3.66. The van der Waals surface area contributed by atoms with Gasteiger partial charge in [0.2, 0.25) is 11.9 Å². The van der Waals surface area contributed by atoms with Gasteiger partial charge in [-0.05, 0) is 57.4 Å². The summed E-state index contributed by atoms with van der Waals surface area (Å²) >= 11 is 0. The third-order valence-electron chi connectivity index (χ3n) is 5.83. The maximum atomic E-state index is 4.76. The molecule has 2 unspecified atom stereocenters. The van der Waals surface area contributed by atoms with Crippen molar-refractivity contribution in [2.75, 3.05) is 23.0 Å². The minimum atomic E-state index is 0.367. The largest absolute Gasteiger partial charge is 0.388 e. The predicted molar refractivity (Wildman–Crippen MR) is 117 cm³/mol. The molecule has 0 spiro atoms. The van der Waals surface area contributed by atoms with Crippen molar-refractivity contribution in [2.24, 2.45) is 11.8 Å². The molecular weight excluding hydrogens is 348 g/mol. The average molecular weight is 379 g/mol.